The molecular weight excluding hydrogens is 249 g/mol. The van der Waals surface area contributed by atoms with E-state index in [4.69, 9.17) is 5.11 Å². The summed E-state index contributed by atoms with van der Waals surface area (Å²) in [4.78, 5) is 2.12. The highest BCUT2D eigenvalue weighted by Gasteiger charge is 2.23. The minimum atomic E-state index is -0.239. The lowest BCUT2D eigenvalue weighted by Crippen LogP contribution is -2.49. The fourth-order valence-corrected chi connectivity index (χ4v) is 1.99. The number of hydrogen-bond acceptors (Lipinski definition) is 2. The van der Waals surface area contributed by atoms with Crippen molar-refractivity contribution >= 4 is 15.9 Å². The molecular formula is C10H11BrFNO. The van der Waals surface area contributed by atoms with Gasteiger partial charge in [0.15, 0.2) is 0 Å². The predicted molar refractivity (Wildman–Crippen MR) is 55.4 cm³/mol. The van der Waals surface area contributed by atoms with E-state index < -0.39 is 0 Å². The van der Waals surface area contributed by atoms with E-state index in [1.807, 2.05) is 0 Å². The van der Waals surface area contributed by atoms with Crippen LogP contribution in [0.4, 0.5) is 4.39 Å². The van der Waals surface area contributed by atoms with E-state index >= 15 is 0 Å². The molecule has 1 aromatic rings. The number of β-amino-alcohol motifs (C(OH)–C–C–N with tert-alkyl or cyclic N) is 1. The van der Waals surface area contributed by atoms with Crippen LogP contribution in [0.2, 0.25) is 0 Å². The molecule has 0 aromatic heterocycles. The number of hydrogen-bond donors (Lipinski definition) is 1. The van der Waals surface area contributed by atoms with Crippen LogP contribution in [0.15, 0.2) is 22.7 Å². The van der Waals surface area contributed by atoms with E-state index in [1.165, 1.54) is 6.07 Å². The number of rotatable bonds is 2. The molecule has 1 saturated heterocycles. The van der Waals surface area contributed by atoms with Crippen molar-refractivity contribution in [1.29, 1.82) is 0 Å². The lowest BCUT2D eigenvalue weighted by Gasteiger charge is -2.35. The molecule has 2 rings (SSSR count). The Kier molecular flexibility index (Phi) is 2.85. The summed E-state index contributed by atoms with van der Waals surface area (Å²) in [5, 5.41) is 9.08. The van der Waals surface area contributed by atoms with Crippen LogP contribution in [0, 0.1) is 5.82 Å². The highest BCUT2D eigenvalue weighted by molar-refractivity contribution is 9.10. The van der Waals surface area contributed by atoms with E-state index in [9.17, 15) is 4.39 Å². The minimum Gasteiger partial charge on any atom is -0.390 e. The fourth-order valence-electron chi connectivity index (χ4n) is 1.57. The quantitative estimate of drug-likeness (QED) is 0.875. The SMILES string of the molecule is OC1CN(Cc2ccc(F)c(Br)c2)C1. The van der Waals surface area contributed by atoms with Gasteiger partial charge in [-0.05, 0) is 33.6 Å². The summed E-state index contributed by atoms with van der Waals surface area (Å²) in [6.45, 7) is 2.21. The van der Waals surface area contributed by atoms with Crippen molar-refractivity contribution in [2.45, 2.75) is 12.6 Å². The normalized spacial score (nSPS) is 18.2. The van der Waals surface area contributed by atoms with Crippen LogP contribution in [0.3, 0.4) is 0 Å². The van der Waals surface area contributed by atoms with Crippen LogP contribution >= 0.6 is 15.9 Å². The lowest BCUT2D eigenvalue weighted by molar-refractivity contribution is -0.00288. The van der Waals surface area contributed by atoms with Gasteiger partial charge in [0.05, 0.1) is 10.6 Å². The van der Waals surface area contributed by atoms with Gasteiger partial charge >= 0.3 is 0 Å². The largest absolute Gasteiger partial charge is 0.390 e. The van der Waals surface area contributed by atoms with Gasteiger partial charge in [0.2, 0.25) is 0 Å². The van der Waals surface area contributed by atoms with Gasteiger partial charge in [0, 0.05) is 19.6 Å². The molecule has 0 aliphatic carbocycles. The van der Waals surface area contributed by atoms with Crippen molar-refractivity contribution in [3.63, 3.8) is 0 Å². The molecule has 1 N–H and O–H groups in total. The molecule has 0 unspecified atom stereocenters. The second-order valence-corrected chi connectivity index (χ2v) is 4.45. The number of nitrogens with zero attached hydrogens (tertiary/aromatic N) is 1. The maximum atomic E-state index is 12.9. The molecule has 1 heterocycles. The van der Waals surface area contributed by atoms with Crippen LogP contribution in [0.1, 0.15) is 5.56 Å². The molecule has 1 aromatic carbocycles. The third-order valence-corrected chi connectivity index (χ3v) is 2.94. The Bertz CT molecular complexity index is 339. The molecule has 0 atom stereocenters. The second kappa shape index (κ2) is 3.96. The Morgan fingerprint density at radius 2 is 2.21 bits per heavy atom. The second-order valence-electron chi connectivity index (χ2n) is 3.60. The van der Waals surface area contributed by atoms with Crippen LogP contribution in [-0.2, 0) is 6.54 Å². The summed E-state index contributed by atoms with van der Waals surface area (Å²) in [5.41, 5.74) is 1.06. The average Bonchev–Trinajstić information content (AvgIpc) is 2.09. The van der Waals surface area contributed by atoms with Gasteiger partial charge in [0.1, 0.15) is 5.82 Å². The zero-order chi connectivity index (χ0) is 10.1. The van der Waals surface area contributed by atoms with Crippen molar-refractivity contribution in [3.8, 4) is 0 Å². The molecule has 0 bridgehead atoms. The molecule has 0 saturated carbocycles. The van der Waals surface area contributed by atoms with Crippen molar-refractivity contribution in [2.75, 3.05) is 13.1 Å². The molecule has 76 valence electrons. The van der Waals surface area contributed by atoms with E-state index in [0.717, 1.165) is 25.2 Å². The Balaban J connectivity index is 2.00. The summed E-state index contributed by atoms with van der Waals surface area (Å²) in [6, 6.07) is 5.00. The first-order chi connectivity index (χ1) is 6.65. The summed E-state index contributed by atoms with van der Waals surface area (Å²) < 4.78 is 13.4. The van der Waals surface area contributed by atoms with E-state index in [2.05, 4.69) is 20.8 Å². The fraction of sp³-hybridized carbons (Fsp3) is 0.400. The molecule has 1 aliphatic rings. The van der Waals surface area contributed by atoms with Crippen molar-refractivity contribution in [1.82, 2.24) is 4.90 Å². The number of aliphatic hydroxyl groups excluding tert-OH is 1. The summed E-state index contributed by atoms with van der Waals surface area (Å²) in [7, 11) is 0. The first-order valence-corrected chi connectivity index (χ1v) is 5.29. The molecule has 0 amide bonds. The highest BCUT2D eigenvalue weighted by atomic mass is 79.9. The Morgan fingerprint density at radius 3 is 2.79 bits per heavy atom. The van der Waals surface area contributed by atoms with E-state index in [1.54, 1.807) is 12.1 Å². The Labute approximate surface area is 90.5 Å². The highest BCUT2D eigenvalue weighted by Crippen LogP contribution is 2.19. The van der Waals surface area contributed by atoms with Gasteiger partial charge in [-0.25, -0.2) is 4.39 Å². The zero-order valence-corrected chi connectivity index (χ0v) is 9.17. The van der Waals surface area contributed by atoms with Crippen LogP contribution in [0.5, 0.6) is 0 Å². The molecule has 14 heavy (non-hydrogen) atoms. The molecule has 1 fully saturated rings. The summed E-state index contributed by atoms with van der Waals surface area (Å²) in [5.74, 6) is -0.239. The Morgan fingerprint density at radius 1 is 1.50 bits per heavy atom. The summed E-state index contributed by atoms with van der Waals surface area (Å²) in [6.07, 6.45) is -0.182. The summed E-state index contributed by atoms with van der Waals surface area (Å²) >= 11 is 3.14. The standard InChI is InChI=1S/C10H11BrFNO/c11-9-3-7(1-2-10(9)12)4-13-5-8(14)6-13/h1-3,8,14H,4-6H2. The average molecular weight is 260 g/mol. The maximum absolute atomic E-state index is 12.9. The van der Waals surface area contributed by atoms with Gasteiger partial charge in [0.25, 0.3) is 0 Å². The minimum absolute atomic E-state index is 0.182. The van der Waals surface area contributed by atoms with Crippen molar-refractivity contribution < 1.29 is 9.50 Å². The Hall–Kier alpha value is -0.450. The van der Waals surface area contributed by atoms with Gasteiger partial charge < -0.3 is 5.11 Å². The maximum Gasteiger partial charge on any atom is 0.137 e. The first kappa shape index (κ1) is 10.1. The smallest absolute Gasteiger partial charge is 0.137 e. The predicted octanol–water partition coefficient (Wildman–Crippen LogP) is 1.76. The van der Waals surface area contributed by atoms with Crippen molar-refractivity contribution in [2.24, 2.45) is 0 Å². The molecule has 0 spiro atoms. The number of benzene rings is 1. The number of likely N-dealkylation sites (tertiary alicyclic amines) is 1. The lowest BCUT2D eigenvalue weighted by atomic mass is 10.1. The third-order valence-electron chi connectivity index (χ3n) is 2.33. The molecule has 0 radical (unpaired) electrons. The van der Waals surface area contributed by atoms with Crippen LogP contribution in [-0.4, -0.2) is 29.2 Å². The molecule has 2 nitrogen and oxygen atoms in total. The van der Waals surface area contributed by atoms with E-state index in [-0.39, 0.29) is 11.9 Å². The number of aliphatic hydroxyl groups is 1. The molecule has 1 aliphatic heterocycles. The molecule has 4 heteroatoms. The van der Waals surface area contributed by atoms with Gasteiger partial charge in [-0.1, -0.05) is 6.07 Å². The third kappa shape index (κ3) is 2.13. The van der Waals surface area contributed by atoms with Gasteiger partial charge in [-0.3, -0.25) is 4.90 Å². The van der Waals surface area contributed by atoms with Gasteiger partial charge in [-0.15, -0.1) is 0 Å². The monoisotopic (exact) mass is 259 g/mol. The van der Waals surface area contributed by atoms with Crippen LogP contribution < -0.4 is 0 Å². The number of halogens is 2. The van der Waals surface area contributed by atoms with E-state index in [0.29, 0.717) is 4.47 Å². The topological polar surface area (TPSA) is 23.5 Å². The van der Waals surface area contributed by atoms with Crippen LogP contribution in [0.25, 0.3) is 0 Å². The van der Waals surface area contributed by atoms with Crippen molar-refractivity contribution in [3.05, 3.63) is 34.1 Å². The van der Waals surface area contributed by atoms with Gasteiger partial charge in [-0.2, -0.15) is 0 Å². The first-order valence-electron chi connectivity index (χ1n) is 4.49. The zero-order valence-electron chi connectivity index (χ0n) is 7.58.